The molecule has 2 aromatic heterocycles. The van der Waals surface area contributed by atoms with Crippen LogP contribution < -0.4 is 15.8 Å². The molecule has 8 nitrogen and oxygen atoms in total. The molecule has 1 aromatic carbocycles. The first-order valence-corrected chi connectivity index (χ1v) is 10.6. The number of rotatable bonds is 4. The zero-order valence-electron chi connectivity index (χ0n) is 16.0. The van der Waals surface area contributed by atoms with Crippen LogP contribution in [0.25, 0.3) is 17.0 Å². The third-order valence-electron chi connectivity index (χ3n) is 4.84. The van der Waals surface area contributed by atoms with E-state index >= 15 is 0 Å². The number of imidazole rings is 1. The number of anilines is 1. The highest BCUT2D eigenvalue weighted by Crippen LogP contribution is 2.41. The van der Waals surface area contributed by atoms with Gasteiger partial charge in [-0.05, 0) is 25.1 Å². The molecule has 1 unspecified atom stereocenters. The van der Waals surface area contributed by atoms with E-state index in [-0.39, 0.29) is 21.7 Å². The number of halogens is 5. The Labute approximate surface area is 171 Å². The molecule has 0 saturated carbocycles. The highest BCUT2D eigenvalue weighted by atomic mass is 32.2. The molecule has 0 saturated heterocycles. The monoisotopic (exact) mass is 462 g/mol. The van der Waals surface area contributed by atoms with Crippen molar-refractivity contribution in [1.29, 1.82) is 0 Å². The van der Waals surface area contributed by atoms with Crippen LogP contribution in [-0.4, -0.2) is 46.6 Å². The number of aromatic nitrogens is 4. The maximum absolute atomic E-state index is 13.7. The van der Waals surface area contributed by atoms with Gasteiger partial charge in [0.25, 0.3) is 0 Å². The van der Waals surface area contributed by atoms with E-state index in [0.29, 0.717) is 10.9 Å². The van der Waals surface area contributed by atoms with Crippen LogP contribution in [-0.2, 0) is 15.8 Å². The molecule has 14 heteroatoms. The fraction of sp³-hybridized carbons (Fsp3) is 0.353. The third-order valence-corrected chi connectivity index (χ3v) is 6.60. The highest BCUT2D eigenvalue weighted by molar-refractivity contribution is 7.91. The van der Waals surface area contributed by atoms with Crippen molar-refractivity contribution in [2.24, 2.45) is 5.10 Å². The van der Waals surface area contributed by atoms with Crippen LogP contribution in [0.5, 0.6) is 0 Å². The third kappa shape index (κ3) is 3.34. The van der Waals surface area contributed by atoms with Gasteiger partial charge in [-0.3, -0.25) is 10.1 Å². The molecule has 0 spiro atoms. The fourth-order valence-electron chi connectivity index (χ4n) is 3.17. The van der Waals surface area contributed by atoms with Crippen LogP contribution >= 0.6 is 0 Å². The summed E-state index contributed by atoms with van der Waals surface area (Å²) >= 11 is 0. The van der Waals surface area contributed by atoms with Crippen LogP contribution in [0.15, 0.2) is 28.3 Å². The summed E-state index contributed by atoms with van der Waals surface area (Å²) in [6.45, 7) is 3.03. The topological polar surface area (TPSA) is 107 Å². The van der Waals surface area contributed by atoms with Gasteiger partial charge in [0.1, 0.15) is 0 Å². The van der Waals surface area contributed by atoms with E-state index in [1.54, 1.807) is 6.92 Å². The van der Waals surface area contributed by atoms with E-state index in [4.69, 9.17) is 0 Å². The van der Waals surface area contributed by atoms with Crippen molar-refractivity contribution < 1.29 is 30.4 Å². The Balaban J connectivity index is 1.91. The molecule has 0 aliphatic carbocycles. The number of H-pyrrole nitrogens is 2. The highest BCUT2D eigenvalue weighted by Gasteiger charge is 2.61. The summed E-state index contributed by atoms with van der Waals surface area (Å²) in [5, 5.41) is 12.3. The Kier molecular flexibility index (Phi) is 4.61. The fourth-order valence-corrected chi connectivity index (χ4v) is 4.25. The molecule has 3 aromatic rings. The van der Waals surface area contributed by atoms with Crippen molar-refractivity contribution in [2.75, 3.05) is 10.8 Å². The summed E-state index contributed by atoms with van der Waals surface area (Å²) in [4.78, 5) is 5.22. The van der Waals surface area contributed by atoms with Gasteiger partial charge in [0, 0.05) is 5.39 Å². The molecule has 0 amide bonds. The molecule has 166 valence electrons. The Morgan fingerprint density at radius 1 is 1.19 bits per heavy atom. The number of nitrogens with one attached hydrogen (secondary N) is 2. The smallest absolute Gasteiger partial charge is 0.335 e. The van der Waals surface area contributed by atoms with Gasteiger partial charge >= 0.3 is 12.1 Å². The van der Waals surface area contributed by atoms with E-state index in [9.17, 15) is 30.4 Å². The number of sulfone groups is 1. The van der Waals surface area contributed by atoms with Crippen molar-refractivity contribution in [3.05, 3.63) is 35.0 Å². The van der Waals surface area contributed by atoms with Crippen molar-refractivity contribution >= 4 is 32.5 Å². The first-order valence-electron chi connectivity index (χ1n) is 8.96. The van der Waals surface area contributed by atoms with Crippen molar-refractivity contribution in [2.45, 2.75) is 36.9 Å². The second kappa shape index (κ2) is 6.73. The number of alkyl halides is 5. The van der Waals surface area contributed by atoms with E-state index in [2.05, 4.69) is 20.3 Å². The Hall–Kier alpha value is -3.03. The Morgan fingerprint density at radius 3 is 2.55 bits per heavy atom. The summed E-state index contributed by atoms with van der Waals surface area (Å²) in [6, 6.07) is 2.19. The first kappa shape index (κ1) is 21.2. The van der Waals surface area contributed by atoms with Gasteiger partial charge in [-0.2, -0.15) is 27.1 Å². The number of hydrogen-bond donors (Lipinski definition) is 2. The molecule has 0 radical (unpaired) electrons. The van der Waals surface area contributed by atoms with E-state index in [1.807, 2.05) is 4.98 Å². The molecule has 1 atom stereocenters. The van der Waals surface area contributed by atoms with Crippen LogP contribution in [0.2, 0.25) is 0 Å². The van der Waals surface area contributed by atoms with Crippen molar-refractivity contribution in [1.82, 2.24) is 20.2 Å². The van der Waals surface area contributed by atoms with Crippen LogP contribution in [0, 0.1) is 0 Å². The van der Waals surface area contributed by atoms with Gasteiger partial charge in [0.2, 0.25) is 0 Å². The van der Waals surface area contributed by atoms with Gasteiger partial charge in [-0.15, -0.1) is 5.10 Å². The Bertz CT molecular complexity index is 1390. The zero-order valence-corrected chi connectivity index (χ0v) is 16.8. The molecule has 0 fully saturated rings. The standard InChI is InChI=1S/C17H15F5N6O2S/c1-3-31(29,30)13-6-10-9(7-23-26-10)5-12(13)28-8(2)4-11-14(27-28)25-15(24-11)16(18,19)17(20,21)22/h4-8H,3H2,1-2H3,(H,23,26)(H,24,25,27). The quantitative estimate of drug-likeness (QED) is 0.577. The average molecular weight is 462 g/mol. The van der Waals surface area contributed by atoms with Crippen molar-refractivity contribution in [3.63, 3.8) is 0 Å². The minimum absolute atomic E-state index is 0.0874. The summed E-state index contributed by atoms with van der Waals surface area (Å²) in [7, 11) is -3.75. The van der Waals surface area contributed by atoms with Crippen LogP contribution in [0.4, 0.5) is 27.6 Å². The summed E-state index contributed by atoms with van der Waals surface area (Å²) < 4.78 is 90.8. The predicted molar refractivity (Wildman–Crippen MR) is 99.5 cm³/mol. The first-order chi connectivity index (χ1) is 14.3. The largest absolute Gasteiger partial charge is 0.461 e. The maximum Gasteiger partial charge on any atom is 0.461 e. The number of aromatic amines is 2. The molecular formula is C17H15F5N6O2S. The zero-order chi connectivity index (χ0) is 22.8. The van der Waals surface area contributed by atoms with E-state index in [0.717, 1.165) is 0 Å². The SMILES string of the molecule is CCS(=O)(=O)c1cc2[nH]ncc2cc1N1N=c2nc(C(F)(F)C(F)(F)F)[nH]c2=CC1C. The predicted octanol–water partition coefficient (Wildman–Crippen LogP) is 1.96. The average Bonchev–Trinajstić information content (AvgIpc) is 3.31. The van der Waals surface area contributed by atoms with Gasteiger partial charge < -0.3 is 4.98 Å². The molecular weight excluding hydrogens is 447 g/mol. The molecule has 4 rings (SSSR count). The van der Waals surface area contributed by atoms with Crippen LogP contribution in [0.1, 0.15) is 19.7 Å². The lowest BCUT2D eigenvalue weighted by molar-refractivity contribution is -0.292. The number of hydrogen-bond acceptors (Lipinski definition) is 6. The summed E-state index contributed by atoms with van der Waals surface area (Å²) in [5.74, 6) is -7.01. The molecule has 0 bridgehead atoms. The van der Waals surface area contributed by atoms with Gasteiger partial charge in [-0.25, -0.2) is 13.4 Å². The molecule has 2 N–H and O–H groups in total. The second-order valence-corrected chi connectivity index (χ2v) is 9.17. The molecule has 31 heavy (non-hydrogen) atoms. The minimum atomic E-state index is -5.84. The number of benzene rings is 1. The summed E-state index contributed by atoms with van der Waals surface area (Å²) in [6.07, 6.45) is -3.04. The van der Waals surface area contributed by atoms with Gasteiger partial charge in [-0.1, -0.05) is 6.92 Å². The second-order valence-electron chi connectivity index (χ2n) is 6.93. The van der Waals surface area contributed by atoms with Crippen LogP contribution in [0.3, 0.4) is 0 Å². The van der Waals surface area contributed by atoms with Crippen molar-refractivity contribution in [3.8, 4) is 0 Å². The number of fused-ring (bicyclic) bond motifs is 2. The van der Waals surface area contributed by atoms with E-state index in [1.165, 1.54) is 36.3 Å². The van der Waals surface area contributed by atoms with Gasteiger partial charge in [0.05, 0.1) is 39.4 Å². The summed E-state index contributed by atoms with van der Waals surface area (Å²) in [5.41, 5.74) is 0.165. The molecule has 1 aliphatic rings. The normalized spacial score (nSPS) is 17.4. The Morgan fingerprint density at radius 2 is 1.90 bits per heavy atom. The lowest BCUT2D eigenvalue weighted by atomic mass is 10.2. The lowest BCUT2D eigenvalue weighted by Gasteiger charge is -2.27. The molecule has 1 aliphatic heterocycles. The lowest BCUT2D eigenvalue weighted by Crippen LogP contribution is -2.41. The molecule has 3 heterocycles. The van der Waals surface area contributed by atoms with E-state index < -0.39 is 39.3 Å². The maximum atomic E-state index is 13.7. The minimum Gasteiger partial charge on any atom is -0.335 e. The van der Waals surface area contributed by atoms with Gasteiger partial charge in [0.15, 0.2) is 21.1 Å². The number of nitrogens with zero attached hydrogens (tertiary/aromatic N) is 4.